The molecule has 0 fully saturated rings. The van der Waals surface area contributed by atoms with Gasteiger partial charge in [0.05, 0.1) is 8.07 Å². The van der Waals surface area contributed by atoms with E-state index in [2.05, 4.69) is 181 Å². The van der Waals surface area contributed by atoms with Crippen LogP contribution in [0.5, 0.6) is 0 Å². The highest BCUT2D eigenvalue weighted by molar-refractivity contribution is 7.16. The molecule has 0 aliphatic carbocycles. The molecule has 0 bridgehead atoms. The molecular formula is C43H49BN2Si2. The van der Waals surface area contributed by atoms with Gasteiger partial charge in [-0.15, -0.1) is 0 Å². The molecule has 5 aromatic rings. The topological polar surface area (TPSA) is 6.48 Å². The van der Waals surface area contributed by atoms with E-state index in [4.69, 9.17) is 0 Å². The quantitative estimate of drug-likeness (QED) is 0.177. The molecule has 0 spiro atoms. The van der Waals surface area contributed by atoms with Crippen molar-refractivity contribution in [3.63, 3.8) is 0 Å². The second-order valence-electron chi connectivity index (χ2n) is 18.0. The van der Waals surface area contributed by atoms with Crippen molar-refractivity contribution in [1.82, 2.24) is 0 Å². The van der Waals surface area contributed by atoms with Crippen LogP contribution in [0.25, 0.3) is 0 Å². The minimum Gasteiger partial charge on any atom is -0.311 e. The van der Waals surface area contributed by atoms with Crippen LogP contribution in [0.2, 0.25) is 32.7 Å². The van der Waals surface area contributed by atoms with Gasteiger partial charge >= 0.3 is 0 Å². The second-order valence-corrected chi connectivity index (χ2v) is 27.4. The van der Waals surface area contributed by atoms with Gasteiger partial charge in [0.1, 0.15) is 8.07 Å². The van der Waals surface area contributed by atoms with E-state index >= 15 is 0 Å². The molecule has 0 unspecified atom stereocenters. The van der Waals surface area contributed by atoms with E-state index in [0.29, 0.717) is 0 Å². The van der Waals surface area contributed by atoms with Crippen molar-refractivity contribution in [3.05, 3.63) is 108 Å². The van der Waals surface area contributed by atoms with Crippen LogP contribution < -0.4 is 41.7 Å². The Balaban J connectivity index is 1.46. The molecule has 2 nitrogen and oxygen atoms in total. The summed E-state index contributed by atoms with van der Waals surface area (Å²) in [4.78, 5) is 5.20. The number of hydrogen-bond donors (Lipinski definition) is 0. The third-order valence-electron chi connectivity index (χ3n) is 11.3. The molecule has 0 N–H and O–H groups in total. The molecule has 8 rings (SSSR count). The lowest BCUT2D eigenvalue weighted by Crippen LogP contribution is -2.79. The van der Waals surface area contributed by atoms with Gasteiger partial charge in [0.15, 0.2) is 0 Å². The van der Waals surface area contributed by atoms with Crippen molar-refractivity contribution in [2.75, 3.05) is 9.80 Å². The van der Waals surface area contributed by atoms with Gasteiger partial charge in [0.2, 0.25) is 0 Å². The van der Waals surface area contributed by atoms with E-state index in [1.54, 1.807) is 10.4 Å². The molecule has 3 aliphatic heterocycles. The van der Waals surface area contributed by atoms with Crippen molar-refractivity contribution in [3.8, 4) is 0 Å². The van der Waals surface area contributed by atoms with Crippen LogP contribution in [0.4, 0.5) is 34.1 Å². The molecule has 0 saturated carbocycles. The van der Waals surface area contributed by atoms with E-state index in [1.807, 2.05) is 0 Å². The largest absolute Gasteiger partial charge is 0.311 e. The number of benzene rings is 5. The maximum absolute atomic E-state index is 2.62. The van der Waals surface area contributed by atoms with Gasteiger partial charge in [-0.3, -0.25) is 0 Å². The van der Waals surface area contributed by atoms with Gasteiger partial charge in [-0.05, 0) is 86.9 Å². The van der Waals surface area contributed by atoms with Gasteiger partial charge in [-0.2, -0.15) is 0 Å². The molecule has 0 radical (unpaired) electrons. The summed E-state index contributed by atoms with van der Waals surface area (Å²) in [7, 11) is -3.46. The zero-order valence-electron chi connectivity index (χ0n) is 30.7. The maximum atomic E-state index is 2.62. The normalized spacial score (nSPS) is 15.9. The van der Waals surface area contributed by atoms with Crippen LogP contribution in [0.15, 0.2) is 97.1 Å². The zero-order valence-corrected chi connectivity index (χ0v) is 32.7. The predicted octanol–water partition coefficient (Wildman–Crippen LogP) is 8.05. The molecule has 0 atom stereocenters. The van der Waals surface area contributed by atoms with Crippen molar-refractivity contribution in [1.29, 1.82) is 0 Å². The summed E-state index contributed by atoms with van der Waals surface area (Å²) >= 11 is 0. The fraction of sp³-hybridized carbons (Fsp3) is 0.302. The summed E-state index contributed by atoms with van der Waals surface area (Å²) in [5.41, 5.74) is 15.1. The lowest BCUT2D eigenvalue weighted by molar-refractivity contribution is 0.569. The summed E-state index contributed by atoms with van der Waals surface area (Å²) < 4.78 is 0. The number of hydrogen-bond acceptors (Lipinski definition) is 2. The fourth-order valence-corrected chi connectivity index (χ4v) is 12.9. The van der Waals surface area contributed by atoms with Crippen molar-refractivity contribution >= 4 is 88.9 Å². The Morgan fingerprint density at radius 2 is 0.938 bits per heavy atom. The summed E-state index contributed by atoms with van der Waals surface area (Å²) in [6.07, 6.45) is 0. The molecule has 5 heteroatoms. The van der Waals surface area contributed by atoms with Crippen LogP contribution in [-0.4, -0.2) is 22.9 Å². The van der Waals surface area contributed by atoms with Crippen molar-refractivity contribution < 1.29 is 0 Å². The molecule has 0 amide bonds. The van der Waals surface area contributed by atoms with Gasteiger partial charge in [0.25, 0.3) is 6.71 Å². The molecule has 0 aromatic heterocycles. The van der Waals surface area contributed by atoms with Crippen molar-refractivity contribution in [2.45, 2.75) is 85.1 Å². The third-order valence-corrected chi connectivity index (χ3v) is 16.9. The minimum absolute atomic E-state index is 0.0299. The number of anilines is 6. The van der Waals surface area contributed by atoms with E-state index in [9.17, 15) is 0 Å². The monoisotopic (exact) mass is 660 g/mol. The Hall–Kier alpha value is -3.80. The van der Waals surface area contributed by atoms with Crippen LogP contribution in [0, 0.1) is 0 Å². The Labute approximate surface area is 290 Å². The Morgan fingerprint density at radius 1 is 0.521 bits per heavy atom. The lowest BCUT2D eigenvalue weighted by atomic mass is 9.33. The highest BCUT2D eigenvalue weighted by atomic mass is 28.3. The highest BCUT2D eigenvalue weighted by Gasteiger charge is 2.51. The van der Waals surface area contributed by atoms with E-state index < -0.39 is 16.1 Å². The SMILES string of the molecule is CC(C)(C)c1cc(N2c3cccc4c3B3c5c(cccc5[Si](C)(C)c5cccc2c53)N4c2ccc([Si](C)(C)C)cc2)cc(C(C)(C)C)c1. The summed E-state index contributed by atoms with van der Waals surface area (Å²) in [6.45, 7) is 26.7. The molecule has 5 aromatic carbocycles. The predicted molar refractivity (Wildman–Crippen MR) is 218 cm³/mol. The second kappa shape index (κ2) is 10.1. The molecule has 3 aliphatic rings. The number of nitrogens with zero attached hydrogens (tertiary/aromatic N) is 2. The van der Waals surface area contributed by atoms with Gasteiger partial charge in [-0.1, -0.05) is 138 Å². The van der Waals surface area contributed by atoms with Crippen LogP contribution >= 0.6 is 0 Å². The first-order valence-electron chi connectivity index (χ1n) is 17.7. The summed E-state index contributed by atoms with van der Waals surface area (Å²) in [6, 6.07) is 38.3. The number of rotatable bonds is 3. The molecule has 242 valence electrons. The molecular weight excluding hydrogens is 611 g/mol. The van der Waals surface area contributed by atoms with Crippen LogP contribution in [0.1, 0.15) is 52.7 Å². The maximum Gasteiger partial charge on any atom is 0.251 e. The zero-order chi connectivity index (χ0) is 34.1. The summed E-state index contributed by atoms with van der Waals surface area (Å²) in [5.74, 6) is 0. The van der Waals surface area contributed by atoms with Crippen molar-refractivity contribution in [2.24, 2.45) is 0 Å². The van der Waals surface area contributed by atoms with Crippen LogP contribution in [-0.2, 0) is 10.8 Å². The highest BCUT2D eigenvalue weighted by Crippen LogP contribution is 2.45. The molecule has 3 heterocycles. The Bertz CT molecular complexity index is 2090. The molecule has 48 heavy (non-hydrogen) atoms. The first-order valence-corrected chi connectivity index (χ1v) is 24.2. The van der Waals surface area contributed by atoms with E-state index in [-0.39, 0.29) is 17.5 Å². The molecule has 0 saturated heterocycles. The van der Waals surface area contributed by atoms with Gasteiger partial charge in [0, 0.05) is 34.1 Å². The first kappa shape index (κ1) is 31.5. The van der Waals surface area contributed by atoms with Gasteiger partial charge < -0.3 is 9.80 Å². The average molecular weight is 661 g/mol. The van der Waals surface area contributed by atoms with E-state index in [0.717, 1.165) is 0 Å². The van der Waals surface area contributed by atoms with Crippen LogP contribution in [0.3, 0.4) is 0 Å². The summed E-state index contributed by atoms with van der Waals surface area (Å²) in [5, 5.41) is 4.66. The Morgan fingerprint density at radius 3 is 1.38 bits per heavy atom. The lowest BCUT2D eigenvalue weighted by Gasteiger charge is -2.50. The smallest absolute Gasteiger partial charge is 0.251 e. The minimum atomic E-state index is -2.04. The Kier molecular flexibility index (Phi) is 6.63. The van der Waals surface area contributed by atoms with Gasteiger partial charge in [-0.25, -0.2) is 0 Å². The fourth-order valence-electron chi connectivity index (χ4n) is 8.53. The standard InChI is InChI=1S/C43H49BN2Si2/c1-42(2,3)28-25-29(43(4,5)6)27-31(26-28)46-34-16-12-15-33-39(34)44-40-35(45(33)30-21-23-32(24-22-30)47(7,8)9)17-13-19-37(40)48(10,11)38-20-14-18-36(46)41(38)44/h12-27H,1-11H3. The van der Waals surface area contributed by atoms with E-state index in [1.165, 1.54) is 66.8 Å². The average Bonchev–Trinajstić information content (AvgIpc) is 3.02. The first-order chi connectivity index (χ1) is 22.5. The third kappa shape index (κ3) is 4.50.